The second-order valence-corrected chi connectivity index (χ2v) is 6.79. The second-order valence-electron chi connectivity index (χ2n) is 4.58. The molecule has 2 aromatic carbocycles. The highest BCUT2D eigenvalue weighted by atomic mass is 127. The molecule has 0 saturated carbocycles. The number of nitrogens with zero attached hydrogens (tertiary/aromatic N) is 2. The molecule has 5 heteroatoms. The molecule has 3 rings (SSSR count). The van der Waals surface area contributed by atoms with E-state index in [9.17, 15) is 0 Å². The van der Waals surface area contributed by atoms with E-state index < -0.39 is 0 Å². The lowest BCUT2D eigenvalue weighted by Crippen LogP contribution is -2.01. The van der Waals surface area contributed by atoms with Crippen LogP contribution in [0.4, 0.5) is 5.82 Å². The fourth-order valence-electron chi connectivity index (χ4n) is 2.06. The van der Waals surface area contributed by atoms with Gasteiger partial charge in [-0.25, -0.2) is 4.68 Å². The number of aromatic nitrogens is 2. The summed E-state index contributed by atoms with van der Waals surface area (Å²) in [6, 6.07) is 18.2. The van der Waals surface area contributed by atoms with Crippen molar-refractivity contribution in [2.75, 3.05) is 5.73 Å². The van der Waals surface area contributed by atoms with Crippen molar-refractivity contribution in [3.63, 3.8) is 0 Å². The number of nitrogens with two attached hydrogens (primary N) is 1. The molecule has 1 aromatic heterocycles. The average Bonchev–Trinajstić information content (AvgIpc) is 2.78. The molecule has 0 bridgehead atoms. The Balaban J connectivity index is 2.01. The molecule has 0 spiro atoms. The topological polar surface area (TPSA) is 43.8 Å². The quantitative estimate of drug-likeness (QED) is 0.650. The van der Waals surface area contributed by atoms with Gasteiger partial charge in [-0.1, -0.05) is 42.1 Å². The molecular formula is C16H14IN3S. The van der Waals surface area contributed by atoms with Crippen molar-refractivity contribution in [1.29, 1.82) is 0 Å². The summed E-state index contributed by atoms with van der Waals surface area (Å²) < 4.78 is 3.01. The van der Waals surface area contributed by atoms with Gasteiger partial charge in [0.05, 0.1) is 16.3 Å². The molecule has 3 nitrogen and oxygen atoms in total. The van der Waals surface area contributed by atoms with Gasteiger partial charge in [0, 0.05) is 8.47 Å². The Hall–Kier alpha value is -1.47. The number of aryl methyl sites for hydroxylation is 1. The van der Waals surface area contributed by atoms with Crippen molar-refractivity contribution in [2.45, 2.75) is 16.7 Å². The SMILES string of the molecule is Cc1nn(-c2ccccc2)c(N)c1Sc1ccccc1I. The Morgan fingerprint density at radius 1 is 1.05 bits per heavy atom. The number of anilines is 1. The Kier molecular flexibility index (Phi) is 4.21. The molecular weight excluding hydrogens is 393 g/mol. The third-order valence-corrected chi connectivity index (χ3v) is 5.68. The summed E-state index contributed by atoms with van der Waals surface area (Å²) in [5, 5.41) is 4.57. The maximum atomic E-state index is 6.31. The number of para-hydroxylation sites is 1. The van der Waals surface area contributed by atoms with Gasteiger partial charge in [0.1, 0.15) is 5.82 Å². The van der Waals surface area contributed by atoms with Gasteiger partial charge >= 0.3 is 0 Å². The van der Waals surface area contributed by atoms with Gasteiger partial charge in [0.15, 0.2) is 0 Å². The first kappa shape index (κ1) is 14.5. The minimum Gasteiger partial charge on any atom is -0.383 e. The van der Waals surface area contributed by atoms with Crippen LogP contribution in [0.15, 0.2) is 64.4 Å². The fraction of sp³-hybridized carbons (Fsp3) is 0.0625. The number of halogens is 1. The zero-order valence-electron chi connectivity index (χ0n) is 11.5. The van der Waals surface area contributed by atoms with Crippen molar-refractivity contribution in [1.82, 2.24) is 9.78 Å². The highest BCUT2D eigenvalue weighted by Crippen LogP contribution is 2.37. The third kappa shape index (κ3) is 2.94. The molecule has 106 valence electrons. The Bertz CT molecular complexity index is 768. The smallest absolute Gasteiger partial charge is 0.141 e. The molecule has 0 aliphatic carbocycles. The predicted molar refractivity (Wildman–Crippen MR) is 96.0 cm³/mol. The van der Waals surface area contributed by atoms with Crippen LogP contribution in [0.3, 0.4) is 0 Å². The van der Waals surface area contributed by atoms with E-state index in [0.29, 0.717) is 5.82 Å². The zero-order chi connectivity index (χ0) is 14.8. The fourth-order valence-corrected chi connectivity index (χ4v) is 3.69. The summed E-state index contributed by atoms with van der Waals surface area (Å²) in [5.41, 5.74) is 8.24. The molecule has 1 heterocycles. The number of nitrogen functional groups attached to an aromatic ring is 1. The summed E-state index contributed by atoms with van der Waals surface area (Å²) in [4.78, 5) is 2.21. The van der Waals surface area contributed by atoms with Gasteiger partial charge in [0.2, 0.25) is 0 Å². The van der Waals surface area contributed by atoms with E-state index in [0.717, 1.165) is 16.3 Å². The molecule has 0 amide bonds. The Labute approximate surface area is 141 Å². The van der Waals surface area contributed by atoms with Crippen LogP contribution in [0.5, 0.6) is 0 Å². The van der Waals surface area contributed by atoms with Crippen molar-refractivity contribution in [3.05, 3.63) is 63.9 Å². The van der Waals surface area contributed by atoms with E-state index in [4.69, 9.17) is 5.73 Å². The van der Waals surface area contributed by atoms with Crippen molar-refractivity contribution < 1.29 is 0 Å². The Morgan fingerprint density at radius 3 is 2.43 bits per heavy atom. The van der Waals surface area contributed by atoms with Gasteiger partial charge < -0.3 is 5.73 Å². The molecule has 21 heavy (non-hydrogen) atoms. The van der Waals surface area contributed by atoms with E-state index in [1.807, 2.05) is 49.4 Å². The standard InChI is InChI=1S/C16H14IN3S/c1-11-15(21-14-10-6-5-9-13(14)17)16(18)20(19-11)12-7-3-2-4-8-12/h2-10H,18H2,1H3. The molecule has 0 saturated heterocycles. The summed E-state index contributed by atoms with van der Waals surface area (Å²) in [7, 11) is 0. The Morgan fingerprint density at radius 2 is 1.71 bits per heavy atom. The lowest BCUT2D eigenvalue weighted by molar-refractivity contribution is 0.872. The van der Waals surface area contributed by atoms with Crippen LogP contribution in [0.2, 0.25) is 0 Å². The number of hydrogen-bond acceptors (Lipinski definition) is 3. The zero-order valence-corrected chi connectivity index (χ0v) is 14.4. The summed E-state index contributed by atoms with van der Waals surface area (Å²) in [6.07, 6.45) is 0. The predicted octanol–water partition coefficient (Wildman–Crippen LogP) is 4.52. The van der Waals surface area contributed by atoms with Crippen LogP contribution in [0.1, 0.15) is 5.69 Å². The summed E-state index contributed by atoms with van der Waals surface area (Å²) in [6.45, 7) is 1.99. The van der Waals surface area contributed by atoms with Crippen LogP contribution >= 0.6 is 34.4 Å². The van der Waals surface area contributed by atoms with Crippen LogP contribution in [-0.4, -0.2) is 9.78 Å². The van der Waals surface area contributed by atoms with Gasteiger partial charge in [-0.2, -0.15) is 5.10 Å². The minimum atomic E-state index is 0.684. The largest absolute Gasteiger partial charge is 0.383 e. The molecule has 0 atom stereocenters. The van der Waals surface area contributed by atoms with E-state index in [1.54, 1.807) is 16.4 Å². The average molecular weight is 407 g/mol. The number of hydrogen-bond donors (Lipinski definition) is 1. The van der Waals surface area contributed by atoms with Crippen LogP contribution in [0, 0.1) is 10.5 Å². The van der Waals surface area contributed by atoms with E-state index in [-0.39, 0.29) is 0 Å². The molecule has 3 aromatic rings. The third-order valence-electron chi connectivity index (χ3n) is 3.09. The molecule has 2 N–H and O–H groups in total. The normalized spacial score (nSPS) is 10.8. The molecule has 0 unspecified atom stereocenters. The van der Waals surface area contributed by atoms with Crippen LogP contribution in [-0.2, 0) is 0 Å². The first-order valence-electron chi connectivity index (χ1n) is 6.49. The van der Waals surface area contributed by atoms with Crippen molar-refractivity contribution >= 4 is 40.2 Å². The van der Waals surface area contributed by atoms with Crippen LogP contribution < -0.4 is 5.73 Å². The number of benzene rings is 2. The van der Waals surface area contributed by atoms with Gasteiger partial charge in [-0.05, 0) is 53.8 Å². The molecule has 0 radical (unpaired) electrons. The maximum Gasteiger partial charge on any atom is 0.141 e. The second kappa shape index (κ2) is 6.11. The van der Waals surface area contributed by atoms with Crippen molar-refractivity contribution in [3.8, 4) is 5.69 Å². The lowest BCUT2D eigenvalue weighted by Gasteiger charge is -2.06. The highest BCUT2D eigenvalue weighted by Gasteiger charge is 2.15. The lowest BCUT2D eigenvalue weighted by atomic mass is 10.3. The van der Waals surface area contributed by atoms with Crippen molar-refractivity contribution in [2.24, 2.45) is 0 Å². The minimum absolute atomic E-state index is 0.684. The highest BCUT2D eigenvalue weighted by molar-refractivity contribution is 14.1. The van der Waals surface area contributed by atoms with Gasteiger partial charge in [-0.15, -0.1) is 0 Å². The first-order valence-corrected chi connectivity index (χ1v) is 8.39. The molecule has 0 aliphatic rings. The van der Waals surface area contributed by atoms with E-state index in [1.165, 1.54) is 8.47 Å². The molecule has 0 aliphatic heterocycles. The maximum absolute atomic E-state index is 6.31. The van der Waals surface area contributed by atoms with Gasteiger partial charge in [-0.3, -0.25) is 0 Å². The van der Waals surface area contributed by atoms with E-state index in [2.05, 4.69) is 39.8 Å². The summed E-state index contributed by atoms with van der Waals surface area (Å²) in [5.74, 6) is 0.684. The number of rotatable bonds is 3. The molecule has 0 fully saturated rings. The summed E-state index contributed by atoms with van der Waals surface area (Å²) >= 11 is 4.01. The van der Waals surface area contributed by atoms with E-state index >= 15 is 0 Å². The first-order chi connectivity index (χ1) is 10.2. The monoisotopic (exact) mass is 407 g/mol. The van der Waals surface area contributed by atoms with Crippen LogP contribution in [0.25, 0.3) is 5.69 Å². The van der Waals surface area contributed by atoms with Gasteiger partial charge in [0.25, 0.3) is 0 Å².